The minimum absolute atomic E-state index is 0.0757. The van der Waals surface area contributed by atoms with Gasteiger partial charge in [-0.15, -0.1) is 0 Å². The number of benzene rings is 1. The van der Waals surface area contributed by atoms with Crippen LogP contribution in [0.25, 0.3) is 10.9 Å². The summed E-state index contributed by atoms with van der Waals surface area (Å²) in [4.78, 5) is 15.5. The van der Waals surface area contributed by atoms with Gasteiger partial charge in [0.25, 0.3) is 5.91 Å². The minimum atomic E-state index is -0.0757. The van der Waals surface area contributed by atoms with Gasteiger partial charge in [0.05, 0.1) is 23.5 Å². The zero-order valence-electron chi connectivity index (χ0n) is 11.5. The average molecular weight is 268 g/mol. The monoisotopic (exact) mass is 268 g/mol. The molecule has 20 heavy (non-hydrogen) atoms. The summed E-state index contributed by atoms with van der Waals surface area (Å²) in [5.74, 6) is -0.0757. The summed E-state index contributed by atoms with van der Waals surface area (Å²) in [7, 11) is 0. The first kappa shape index (κ1) is 12.5. The standard InChI is InChI=1S/C15H16N4O/c1-9-15(16)10(2)19(18-9)14(20)8-11-3-4-12-5-6-17-13(12)7-11/h3-7,17H,8,16H2,1-2H3. The van der Waals surface area contributed by atoms with Crippen LogP contribution in [0.5, 0.6) is 0 Å². The molecule has 0 amide bonds. The highest BCUT2D eigenvalue weighted by Crippen LogP contribution is 2.17. The molecule has 1 aromatic carbocycles. The number of fused-ring (bicyclic) bond motifs is 1. The summed E-state index contributed by atoms with van der Waals surface area (Å²) in [6, 6.07) is 7.96. The molecule has 3 aromatic rings. The molecule has 102 valence electrons. The van der Waals surface area contributed by atoms with Gasteiger partial charge in [0, 0.05) is 11.7 Å². The van der Waals surface area contributed by atoms with Crippen LogP contribution in [0, 0.1) is 13.8 Å². The Morgan fingerprint density at radius 3 is 2.85 bits per heavy atom. The summed E-state index contributed by atoms with van der Waals surface area (Å²) in [6.45, 7) is 3.61. The number of H-pyrrole nitrogens is 1. The second-order valence-corrected chi connectivity index (χ2v) is 4.97. The van der Waals surface area contributed by atoms with E-state index in [0.717, 1.165) is 16.5 Å². The van der Waals surface area contributed by atoms with Crippen LogP contribution in [-0.2, 0) is 6.42 Å². The number of anilines is 1. The Hall–Kier alpha value is -2.56. The molecule has 2 heterocycles. The number of nitrogens with one attached hydrogen (secondary N) is 1. The summed E-state index contributed by atoms with van der Waals surface area (Å²) >= 11 is 0. The molecule has 0 spiro atoms. The second kappa shape index (κ2) is 4.52. The summed E-state index contributed by atoms with van der Waals surface area (Å²) in [6.07, 6.45) is 2.19. The van der Waals surface area contributed by atoms with Gasteiger partial charge in [-0.25, -0.2) is 4.68 Å². The van der Waals surface area contributed by atoms with Crippen LogP contribution in [0.2, 0.25) is 0 Å². The van der Waals surface area contributed by atoms with E-state index in [9.17, 15) is 4.79 Å². The smallest absolute Gasteiger partial charge is 0.251 e. The van der Waals surface area contributed by atoms with Crippen molar-refractivity contribution in [2.75, 3.05) is 5.73 Å². The van der Waals surface area contributed by atoms with Crippen molar-refractivity contribution in [2.24, 2.45) is 0 Å². The number of aromatic amines is 1. The third-order valence-corrected chi connectivity index (χ3v) is 3.56. The number of rotatable bonds is 2. The van der Waals surface area contributed by atoms with Gasteiger partial charge in [-0.05, 0) is 36.9 Å². The van der Waals surface area contributed by atoms with Crippen molar-refractivity contribution in [3.8, 4) is 0 Å². The fourth-order valence-electron chi connectivity index (χ4n) is 2.35. The number of aromatic nitrogens is 3. The molecular weight excluding hydrogens is 252 g/mol. The number of nitrogens with two attached hydrogens (primary N) is 1. The fraction of sp³-hybridized carbons (Fsp3) is 0.200. The van der Waals surface area contributed by atoms with Crippen LogP contribution in [0.1, 0.15) is 21.7 Å². The van der Waals surface area contributed by atoms with E-state index in [4.69, 9.17) is 5.73 Å². The molecule has 0 fully saturated rings. The van der Waals surface area contributed by atoms with Crippen molar-refractivity contribution in [1.82, 2.24) is 14.8 Å². The molecule has 3 N–H and O–H groups in total. The molecule has 0 saturated carbocycles. The van der Waals surface area contributed by atoms with Gasteiger partial charge in [-0.3, -0.25) is 4.79 Å². The molecule has 3 rings (SSSR count). The van der Waals surface area contributed by atoms with Crippen LogP contribution < -0.4 is 5.73 Å². The van der Waals surface area contributed by atoms with E-state index in [-0.39, 0.29) is 5.91 Å². The zero-order chi connectivity index (χ0) is 14.3. The zero-order valence-corrected chi connectivity index (χ0v) is 11.5. The maximum absolute atomic E-state index is 12.3. The highest BCUT2D eigenvalue weighted by Gasteiger charge is 2.15. The highest BCUT2D eigenvalue weighted by molar-refractivity contribution is 5.85. The lowest BCUT2D eigenvalue weighted by molar-refractivity contribution is 0.0895. The first-order valence-corrected chi connectivity index (χ1v) is 6.47. The van der Waals surface area contributed by atoms with Gasteiger partial charge < -0.3 is 10.7 Å². The quantitative estimate of drug-likeness (QED) is 0.749. The van der Waals surface area contributed by atoms with Crippen LogP contribution in [0.4, 0.5) is 5.69 Å². The Morgan fingerprint density at radius 1 is 1.35 bits per heavy atom. The van der Waals surface area contributed by atoms with Crippen LogP contribution >= 0.6 is 0 Å². The number of carbonyl (C=O) groups excluding carboxylic acids is 1. The maximum atomic E-state index is 12.3. The number of nitrogens with zero attached hydrogens (tertiary/aromatic N) is 2. The molecule has 0 atom stereocenters. The molecule has 0 aliphatic rings. The fourth-order valence-corrected chi connectivity index (χ4v) is 2.35. The maximum Gasteiger partial charge on any atom is 0.251 e. The first-order chi connectivity index (χ1) is 9.56. The minimum Gasteiger partial charge on any atom is -0.396 e. The third kappa shape index (κ3) is 1.97. The highest BCUT2D eigenvalue weighted by atomic mass is 16.2. The summed E-state index contributed by atoms with van der Waals surface area (Å²) < 4.78 is 1.39. The van der Waals surface area contributed by atoms with E-state index < -0.39 is 0 Å². The first-order valence-electron chi connectivity index (χ1n) is 6.47. The SMILES string of the molecule is Cc1nn(C(=O)Cc2ccc3cc[nH]c3c2)c(C)c1N. The molecule has 0 radical (unpaired) electrons. The predicted octanol–water partition coefficient (Wildman–Crippen LogP) is 2.45. The van der Waals surface area contributed by atoms with E-state index in [1.165, 1.54) is 4.68 Å². The number of aryl methyl sites for hydroxylation is 1. The molecular formula is C15H16N4O. The Kier molecular flexibility index (Phi) is 2.82. The van der Waals surface area contributed by atoms with Crippen molar-refractivity contribution in [2.45, 2.75) is 20.3 Å². The molecule has 0 saturated heterocycles. The summed E-state index contributed by atoms with van der Waals surface area (Å²) in [5.41, 5.74) is 9.81. The third-order valence-electron chi connectivity index (χ3n) is 3.56. The van der Waals surface area contributed by atoms with Crippen molar-refractivity contribution in [3.63, 3.8) is 0 Å². The normalized spacial score (nSPS) is 11.1. The van der Waals surface area contributed by atoms with Gasteiger partial charge in [0.2, 0.25) is 0 Å². The van der Waals surface area contributed by atoms with Crippen molar-refractivity contribution in [1.29, 1.82) is 0 Å². The number of carbonyl (C=O) groups is 1. The van der Waals surface area contributed by atoms with Crippen molar-refractivity contribution in [3.05, 3.63) is 47.4 Å². The van der Waals surface area contributed by atoms with E-state index >= 15 is 0 Å². The Morgan fingerprint density at radius 2 is 2.15 bits per heavy atom. The number of hydrogen-bond acceptors (Lipinski definition) is 3. The van der Waals surface area contributed by atoms with E-state index in [1.807, 2.05) is 30.5 Å². The van der Waals surface area contributed by atoms with Crippen molar-refractivity contribution < 1.29 is 4.79 Å². The Bertz CT molecular complexity index is 797. The Labute approximate surface area is 116 Å². The topological polar surface area (TPSA) is 76.7 Å². The largest absolute Gasteiger partial charge is 0.396 e. The van der Waals surface area contributed by atoms with Gasteiger partial charge in [-0.1, -0.05) is 12.1 Å². The van der Waals surface area contributed by atoms with Gasteiger partial charge in [0.15, 0.2) is 0 Å². The number of hydrogen-bond donors (Lipinski definition) is 2. The van der Waals surface area contributed by atoms with E-state index in [1.54, 1.807) is 13.8 Å². The molecule has 0 aliphatic carbocycles. The lowest BCUT2D eigenvalue weighted by atomic mass is 10.1. The van der Waals surface area contributed by atoms with E-state index in [0.29, 0.717) is 23.5 Å². The number of nitrogen functional groups attached to an aromatic ring is 1. The predicted molar refractivity (Wildman–Crippen MR) is 78.7 cm³/mol. The van der Waals surface area contributed by atoms with Gasteiger partial charge in [-0.2, -0.15) is 5.10 Å². The van der Waals surface area contributed by atoms with Crippen LogP contribution in [-0.4, -0.2) is 20.7 Å². The lowest BCUT2D eigenvalue weighted by Gasteiger charge is -2.04. The molecule has 5 nitrogen and oxygen atoms in total. The van der Waals surface area contributed by atoms with Crippen LogP contribution in [0.15, 0.2) is 30.5 Å². The van der Waals surface area contributed by atoms with E-state index in [2.05, 4.69) is 10.1 Å². The average Bonchev–Trinajstić information content (AvgIpc) is 2.98. The van der Waals surface area contributed by atoms with Crippen molar-refractivity contribution >= 4 is 22.5 Å². The molecule has 0 unspecified atom stereocenters. The molecule has 5 heteroatoms. The van der Waals surface area contributed by atoms with Gasteiger partial charge in [0.1, 0.15) is 0 Å². The van der Waals surface area contributed by atoms with Gasteiger partial charge >= 0.3 is 0 Å². The molecule has 0 aliphatic heterocycles. The van der Waals surface area contributed by atoms with Crippen LogP contribution in [0.3, 0.4) is 0 Å². The molecule has 0 bridgehead atoms. The second-order valence-electron chi connectivity index (χ2n) is 4.97. The Balaban J connectivity index is 1.89. The lowest BCUT2D eigenvalue weighted by Crippen LogP contribution is -2.16. The summed E-state index contributed by atoms with van der Waals surface area (Å²) in [5, 5.41) is 5.33. The molecule has 2 aromatic heterocycles.